The van der Waals surface area contributed by atoms with Crippen LogP contribution in [-0.4, -0.2) is 51.2 Å². The van der Waals surface area contributed by atoms with E-state index in [0.717, 1.165) is 39.6 Å². The second-order valence-corrected chi connectivity index (χ2v) is 5.12. The van der Waals surface area contributed by atoms with Crippen LogP contribution in [0.1, 0.15) is 57.8 Å². The molecule has 0 atom stereocenters. The van der Waals surface area contributed by atoms with Gasteiger partial charge in [-0.25, -0.2) is 0 Å². The molecule has 0 aromatic heterocycles. The van der Waals surface area contributed by atoms with Crippen molar-refractivity contribution in [3.8, 4) is 0 Å². The molecule has 1 N–H and O–H groups in total. The third-order valence-electron chi connectivity index (χ3n) is 3.23. The molecule has 3 saturated heterocycles. The highest BCUT2D eigenvalue weighted by molar-refractivity contribution is 5.32. The lowest BCUT2D eigenvalue weighted by molar-refractivity contribution is -0.122. The van der Waals surface area contributed by atoms with Crippen molar-refractivity contribution in [1.82, 2.24) is 0 Å². The number of carboxylic acid groups (broad SMARTS) is 1. The van der Waals surface area contributed by atoms with Gasteiger partial charge in [-0.15, -0.1) is 0 Å². The zero-order valence-electron chi connectivity index (χ0n) is 13.3. The quantitative estimate of drug-likeness (QED) is 0.696. The van der Waals surface area contributed by atoms with Crippen LogP contribution in [0.2, 0.25) is 0 Å². The van der Waals surface area contributed by atoms with Crippen LogP contribution in [0.5, 0.6) is 0 Å². The van der Waals surface area contributed by atoms with Crippen LogP contribution in [0.25, 0.3) is 0 Å². The maximum absolute atomic E-state index is 8.36. The Morgan fingerprint density at radius 3 is 0.762 bits per heavy atom. The Balaban J connectivity index is 0.000000262. The fraction of sp³-hybridized carbons (Fsp3) is 0.938. The summed E-state index contributed by atoms with van der Waals surface area (Å²) >= 11 is 0. The van der Waals surface area contributed by atoms with Crippen molar-refractivity contribution in [2.45, 2.75) is 57.8 Å². The second kappa shape index (κ2) is 19.4. The minimum Gasteiger partial charge on any atom is -0.483 e. The summed E-state index contributed by atoms with van der Waals surface area (Å²) in [6.07, 6.45) is 11.8. The van der Waals surface area contributed by atoms with Crippen LogP contribution in [0, 0.1) is 0 Å². The summed E-state index contributed by atoms with van der Waals surface area (Å²) in [5.74, 6) is 0. The summed E-state index contributed by atoms with van der Waals surface area (Å²) < 4.78 is 15.2. The van der Waals surface area contributed by atoms with Crippen LogP contribution in [0.4, 0.5) is 0 Å². The van der Waals surface area contributed by atoms with E-state index in [2.05, 4.69) is 0 Å². The molecular formula is C16H32O5. The molecule has 0 aliphatic carbocycles. The average molecular weight is 304 g/mol. The highest BCUT2D eigenvalue weighted by Crippen LogP contribution is 2.03. The molecule has 5 nitrogen and oxygen atoms in total. The monoisotopic (exact) mass is 304 g/mol. The summed E-state index contributed by atoms with van der Waals surface area (Å²) in [6, 6.07) is 0. The largest absolute Gasteiger partial charge is 0.483 e. The second-order valence-electron chi connectivity index (χ2n) is 5.12. The van der Waals surface area contributed by atoms with Gasteiger partial charge in [0.25, 0.3) is 6.47 Å². The highest BCUT2D eigenvalue weighted by Gasteiger charge is 1.96. The molecular weight excluding hydrogens is 272 g/mol. The van der Waals surface area contributed by atoms with Gasteiger partial charge in [0.1, 0.15) is 0 Å². The Bertz CT molecular complexity index is 124. The molecule has 0 aromatic carbocycles. The van der Waals surface area contributed by atoms with E-state index in [1.165, 1.54) is 57.8 Å². The van der Waals surface area contributed by atoms with Crippen LogP contribution >= 0.6 is 0 Å². The standard InChI is InChI=1S/3C5H10O.CH2O2/c3*1-2-4-6-5-3-1;2-1-3/h3*1-5H2;1H,(H,2,3). The predicted octanol–water partition coefficient (Wildman–Crippen LogP) is 3.26. The normalized spacial score (nSPS) is 21.1. The Morgan fingerprint density at radius 1 is 0.524 bits per heavy atom. The summed E-state index contributed by atoms with van der Waals surface area (Å²) in [7, 11) is 0. The Kier molecular flexibility index (Phi) is 18.8. The van der Waals surface area contributed by atoms with Gasteiger partial charge < -0.3 is 19.3 Å². The zero-order chi connectivity index (χ0) is 15.4. The van der Waals surface area contributed by atoms with Gasteiger partial charge in [-0.3, -0.25) is 4.79 Å². The molecule has 3 rings (SSSR count). The maximum Gasteiger partial charge on any atom is 0.290 e. The van der Waals surface area contributed by atoms with Gasteiger partial charge in [-0.2, -0.15) is 0 Å². The summed E-state index contributed by atoms with van der Waals surface area (Å²) in [5, 5.41) is 6.89. The Morgan fingerprint density at radius 2 is 0.714 bits per heavy atom. The minimum absolute atomic E-state index is 0.250. The van der Waals surface area contributed by atoms with Gasteiger partial charge >= 0.3 is 0 Å². The number of rotatable bonds is 0. The number of hydrogen-bond donors (Lipinski definition) is 1. The van der Waals surface area contributed by atoms with E-state index in [1.807, 2.05) is 0 Å². The van der Waals surface area contributed by atoms with Crippen LogP contribution < -0.4 is 0 Å². The molecule has 21 heavy (non-hydrogen) atoms. The lowest BCUT2D eigenvalue weighted by Gasteiger charge is -2.08. The lowest BCUT2D eigenvalue weighted by atomic mass is 10.2. The fourth-order valence-electron chi connectivity index (χ4n) is 2.06. The third-order valence-corrected chi connectivity index (χ3v) is 3.23. The molecule has 0 unspecified atom stereocenters. The molecule has 3 aliphatic heterocycles. The highest BCUT2D eigenvalue weighted by atomic mass is 16.5. The summed E-state index contributed by atoms with van der Waals surface area (Å²) in [4.78, 5) is 8.36. The van der Waals surface area contributed by atoms with Gasteiger partial charge in [-0.1, -0.05) is 0 Å². The van der Waals surface area contributed by atoms with Crippen molar-refractivity contribution in [3.05, 3.63) is 0 Å². The van der Waals surface area contributed by atoms with Gasteiger partial charge in [0.05, 0.1) is 0 Å². The van der Waals surface area contributed by atoms with Crippen molar-refractivity contribution < 1.29 is 24.1 Å². The van der Waals surface area contributed by atoms with Crippen LogP contribution in [0.15, 0.2) is 0 Å². The van der Waals surface area contributed by atoms with Gasteiger partial charge in [-0.05, 0) is 57.8 Å². The van der Waals surface area contributed by atoms with Crippen molar-refractivity contribution in [2.24, 2.45) is 0 Å². The van der Waals surface area contributed by atoms with E-state index in [9.17, 15) is 0 Å². The predicted molar refractivity (Wildman–Crippen MR) is 82.7 cm³/mol. The molecule has 0 saturated carbocycles. The van der Waals surface area contributed by atoms with Crippen molar-refractivity contribution >= 4 is 6.47 Å². The first-order chi connectivity index (χ1) is 10.4. The van der Waals surface area contributed by atoms with E-state index < -0.39 is 0 Å². The molecule has 3 fully saturated rings. The molecule has 0 amide bonds. The SMILES string of the molecule is C1CCOCC1.C1CCOCC1.C1CCOCC1.O=CO. The molecule has 0 aromatic rings. The molecule has 0 radical (unpaired) electrons. The first-order valence-electron chi connectivity index (χ1n) is 8.23. The Labute approximate surface area is 129 Å². The summed E-state index contributed by atoms with van der Waals surface area (Å²) in [6.45, 7) is 5.75. The first kappa shape index (κ1) is 20.3. The molecule has 5 heteroatoms. The summed E-state index contributed by atoms with van der Waals surface area (Å²) in [5.41, 5.74) is 0. The van der Waals surface area contributed by atoms with Crippen LogP contribution in [-0.2, 0) is 19.0 Å². The molecule has 126 valence electrons. The topological polar surface area (TPSA) is 65.0 Å². The van der Waals surface area contributed by atoms with E-state index in [4.69, 9.17) is 24.1 Å². The van der Waals surface area contributed by atoms with Crippen molar-refractivity contribution in [2.75, 3.05) is 39.6 Å². The molecule has 0 bridgehead atoms. The number of hydrogen-bond acceptors (Lipinski definition) is 4. The molecule has 0 spiro atoms. The van der Waals surface area contributed by atoms with Gasteiger partial charge in [0.15, 0.2) is 0 Å². The molecule has 3 heterocycles. The fourth-order valence-corrected chi connectivity index (χ4v) is 2.06. The van der Waals surface area contributed by atoms with Crippen molar-refractivity contribution in [1.29, 1.82) is 0 Å². The van der Waals surface area contributed by atoms with Crippen LogP contribution in [0.3, 0.4) is 0 Å². The van der Waals surface area contributed by atoms with Gasteiger partial charge in [0, 0.05) is 39.6 Å². The third kappa shape index (κ3) is 19.4. The minimum atomic E-state index is -0.250. The number of ether oxygens (including phenoxy) is 3. The first-order valence-corrected chi connectivity index (χ1v) is 8.23. The van der Waals surface area contributed by atoms with E-state index in [0.29, 0.717) is 0 Å². The van der Waals surface area contributed by atoms with Gasteiger partial charge in [0.2, 0.25) is 0 Å². The van der Waals surface area contributed by atoms with E-state index in [-0.39, 0.29) is 6.47 Å². The van der Waals surface area contributed by atoms with Crippen molar-refractivity contribution in [3.63, 3.8) is 0 Å². The Hall–Kier alpha value is -0.650. The van der Waals surface area contributed by atoms with E-state index in [1.54, 1.807) is 0 Å². The smallest absolute Gasteiger partial charge is 0.290 e. The lowest BCUT2D eigenvalue weighted by Crippen LogP contribution is -2.03. The molecule has 3 aliphatic rings. The average Bonchev–Trinajstić information content (AvgIpc) is 2.61. The maximum atomic E-state index is 8.36. The zero-order valence-corrected chi connectivity index (χ0v) is 13.3. The van der Waals surface area contributed by atoms with E-state index >= 15 is 0 Å². The number of carbonyl (C=O) groups is 1.